The number of carbonyl (C=O) groups is 1. The molecule has 0 aliphatic heterocycles. The molecule has 1 aromatic carbocycles. The van der Waals surface area contributed by atoms with Gasteiger partial charge in [0.15, 0.2) is 11.5 Å². The fourth-order valence-corrected chi connectivity index (χ4v) is 2.80. The number of nitrogens with two attached hydrogens (primary N) is 1. The molecule has 0 radical (unpaired) electrons. The number of nitrogens with one attached hydrogen (secondary N) is 1. The Morgan fingerprint density at radius 1 is 1.19 bits per heavy atom. The summed E-state index contributed by atoms with van der Waals surface area (Å²) in [4.78, 5) is 16.2. The Bertz CT molecular complexity index is 999. The van der Waals surface area contributed by atoms with Crippen LogP contribution < -0.4 is 10.5 Å². The Hall–Kier alpha value is -3.04. The third-order valence-corrected chi connectivity index (χ3v) is 4.57. The molecule has 0 saturated heterocycles. The number of nitrogens with zero attached hydrogens (tertiary/aromatic N) is 2. The monoisotopic (exact) mass is 372 g/mol. The van der Waals surface area contributed by atoms with Crippen LogP contribution in [0.3, 0.4) is 0 Å². The molecule has 3 rings (SSSR count). The Labute approximate surface area is 150 Å². The van der Waals surface area contributed by atoms with Gasteiger partial charge in [0.05, 0.1) is 4.90 Å². The van der Waals surface area contributed by atoms with Crippen molar-refractivity contribution in [2.24, 2.45) is 5.14 Å². The van der Waals surface area contributed by atoms with E-state index in [0.29, 0.717) is 18.7 Å². The molecule has 3 N–H and O–H groups in total. The van der Waals surface area contributed by atoms with Gasteiger partial charge in [-0.05, 0) is 36.2 Å². The van der Waals surface area contributed by atoms with Crippen LogP contribution in [0, 0.1) is 0 Å². The predicted octanol–water partition coefficient (Wildman–Crippen LogP) is 1.36. The summed E-state index contributed by atoms with van der Waals surface area (Å²) in [6, 6.07) is 11.3. The lowest BCUT2D eigenvalue weighted by Crippen LogP contribution is -2.25. The molecular weight excluding hydrogens is 356 g/mol. The Morgan fingerprint density at radius 2 is 1.96 bits per heavy atom. The van der Waals surface area contributed by atoms with Crippen LogP contribution in [0.1, 0.15) is 16.1 Å². The van der Waals surface area contributed by atoms with Crippen molar-refractivity contribution in [1.29, 1.82) is 0 Å². The fourth-order valence-electron chi connectivity index (χ4n) is 2.28. The Balaban J connectivity index is 1.55. The van der Waals surface area contributed by atoms with Crippen LogP contribution >= 0.6 is 0 Å². The number of hydrogen-bond donors (Lipinski definition) is 2. The first-order valence-electron chi connectivity index (χ1n) is 7.70. The summed E-state index contributed by atoms with van der Waals surface area (Å²) >= 11 is 0. The van der Waals surface area contributed by atoms with Gasteiger partial charge in [-0.25, -0.2) is 13.6 Å². The smallest absolute Gasteiger partial charge is 0.273 e. The zero-order valence-electron chi connectivity index (χ0n) is 13.6. The van der Waals surface area contributed by atoms with Gasteiger partial charge in [0.1, 0.15) is 0 Å². The van der Waals surface area contributed by atoms with Gasteiger partial charge in [0, 0.05) is 30.6 Å². The molecule has 0 unspecified atom stereocenters. The fraction of sp³-hybridized carbons (Fsp3) is 0.118. The summed E-state index contributed by atoms with van der Waals surface area (Å²) in [7, 11) is -3.70. The zero-order valence-corrected chi connectivity index (χ0v) is 14.4. The largest absolute Gasteiger partial charge is 0.355 e. The second kappa shape index (κ2) is 7.46. The minimum absolute atomic E-state index is 0.0517. The molecule has 0 spiro atoms. The molecule has 0 atom stereocenters. The molecule has 0 aliphatic carbocycles. The van der Waals surface area contributed by atoms with Crippen LogP contribution in [0.15, 0.2) is 64.3 Å². The zero-order chi connectivity index (χ0) is 18.6. The van der Waals surface area contributed by atoms with E-state index in [2.05, 4.69) is 15.5 Å². The van der Waals surface area contributed by atoms with E-state index >= 15 is 0 Å². The highest BCUT2D eigenvalue weighted by molar-refractivity contribution is 7.89. The Kier molecular flexibility index (Phi) is 5.10. The summed E-state index contributed by atoms with van der Waals surface area (Å²) in [6.45, 7) is 0.364. The van der Waals surface area contributed by atoms with Gasteiger partial charge < -0.3 is 9.84 Å². The molecule has 26 heavy (non-hydrogen) atoms. The van der Waals surface area contributed by atoms with Gasteiger partial charge in [-0.2, -0.15) is 0 Å². The van der Waals surface area contributed by atoms with Crippen LogP contribution in [0.2, 0.25) is 0 Å². The van der Waals surface area contributed by atoms with E-state index in [1.54, 1.807) is 42.7 Å². The van der Waals surface area contributed by atoms with Crippen molar-refractivity contribution in [2.75, 3.05) is 6.54 Å². The van der Waals surface area contributed by atoms with Gasteiger partial charge in [-0.15, -0.1) is 0 Å². The number of rotatable bonds is 6. The lowest BCUT2D eigenvalue weighted by atomic mass is 10.1. The topological polar surface area (TPSA) is 128 Å². The normalized spacial score (nSPS) is 11.3. The first-order valence-corrected chi connectivity index (χ1v) is 9.25. The van der Waals surface area contributed by atoms with E-state index in [0.717, 1.165) is 11.1 Å². The minimum atomic E-state index is -3.70. The summed E-state index contributed by atoms with van der Waals surface area (Å²) in [5, 5.41) is 11.5. The molecule has 2 aromatic heterocycles. The highest BCUT2D eigenvalue weighted by Gasteiger charge is 2.13. The molecule has 0 bridgehead atoms. The van der Waals surface area contributed by atoms with Gasteiger partial charge >= 0.3 is 0 Å². The van der Waals surface area contributed by atoms with Crippen LogP contribution in [0.5, 0.6) is 0 Å². The number of primary sulfonamides is 1. The molecule has 2 heterocycles. The maximum Gasteiger partial charge on any atom is 0.273 e. The second-order valence-electron chi connectivity index (χ2n) is 5.51. The van der Waals surface area contributed by atoms with Gasteiger partial charge in [0.2, 0.25) is 10.0 Å². The van der Waals surface area contributed by atoms with Crippen molar-refractivity contribution in [3.8, 4) is 11.3 Å². The minimum Gasteiger partial charge on any atom is -0.355 e. The first-order chi connectivity index (χ1) is 12.4. The summed E-state index contributed by atoms with van der Waals surface area (Å²) in [5.41, 5.74) is 1.77. The number of amides is 1. The molecule has 0 saturated carbocycles. The molecule has 1 amide bonds. The number of benzene rings is 1. The standard InChI is InChI=1S/C17H16N4O4S/c18-26(23,24)14-5-3-12(4-6-14)7-9-20-17(22)15-10-16(25-21-15)13-2-1-8-19-11-13/h1-6,8,10-11H,7,9H2,(H,20,22)(H2,18,23,24). The van der Waals surface area contributed by atoms with Gasteiger partial charge in [-0.3, -0.25) is 9.78 Å². The quantitative estimate of drug-likeness (QED) is 0.672. The van der Waals surface area contributed by atoms with Crippen LogP contribution in [-0.4, -0.2) is 31.0 Å². The lowest BCUT2D eigenvalue weighted by Gasteiger charge is -2.04. The highest BCUT2D eigenvalue weighted by atomic mass is 32.2. The van der Waals surface area contributed by atoms with Crippen molar-refractivity contribution in [2.45, 2.75) is 11.3 Å². The van der Waals surface area contributed by atoms with Crippen LogP contribution in [0.4, 0.5) is 0 Å². The number of pyridine rings is 1. The number of aromatic nitrogens is 2. The molecule has 9 heteroatoms. The van der Waals surface area contributed by atoms with Crippen molar-refractivity contribution in [3.05, 3.63) is 66.1 Å². The summed E-state index contributed by atoms with van der Waals surface area (Å²) in [6.07, 6.45) is 3.79. The third-order valence-electron chi connectivity index (χ3n) is 3.64. The number of carbonyl (C=O) groups excluding carboxylic acids is 1. The lowest BCUT2D eigenvalue weighted by molar-refractivity contribution is 0.0945. The Morgan fingerprint density at radius 3 is 2.62 bits per heavy atom. The van der Waals surface area contributed by atoms with E-state index in [4.69, 9.17) is 9.66 Å². The average molecular weight is 372 g/mol. The number of hydrogen-bond acceptors (Lipinski definition) is 6. The van der Waals surface area contributed by atoms with Crippen LogP contribution in [0.25, 0.3) is 11.3 Å². The SMILES string of the molecule is NS(=O)(=O)c1ccc(CCNC(=O)c2cc(-c3cccnc3)on2)cc1. The van der Waals surface area contributed by atoms with E-state index in [1.807, 2.05) is 0 Å². The second-order valence-corrected chi connectivity index (χ2v) is 7.07. The van der Waals surface area contributed by atoms with Crippen molar-refractivity contribution in [1.82, 2.24) is 15.5 Å². The molecule has 134 valence electrons. The van der Waals surface area contributed by atoms with Gasteiger partial charge in [-0.1, -0.05) is 17.3 Å². The first kappa shape index (κ1) is 17.8. The predicted molar refractivity (Wildman–Crippen MR) is 93.6 cm³/mol. The summed E-state index contributed by atoms with van der Waals surface area (Å²) in [5.74, 6) is 0.104. The van der Waals surface area contributed by atoms with Crippen molar-refractivity contribution < 1.29 is 17.7 Å². The van der Waals surface area contributed by atoms with E-state index in [-0.39, 0.29) is 16.5 Å². The van der Waals surface area contributed by atoms with E-state index in [9.17, 15) is 13.2 Å². The van der Waals surface area contributed by atoms with Crippen LogP contribution in [-0.2, 0) is 16.4 Å². The van der Waals surface area contributed by atoms with Gasteiger partial charge in [0.25, 0.3) is 5.91 Å². The third kappa shape index (κ3) is 4.32. The molecular formula is C17H16N4O4S. The number of sulfonamides is 1. The summed E-state index contributed by atoms with van der Waals surface area (Å²) < 4.78 is 27.6. The van der Waals surface area contributed by atoms with E-state index < -0.39 is 10.0 Å². The maximum atomic E-state index is 12.1. The molecule has 0 aliphatic rings. The molecule has 8 nitrogen and oxygen atoms in total. The van der Waals surface area contributed by atoms with Crippen molar-refractivity contribution >= 4 is 15.9 Å². The van der Waals surface area contributed by atoms with E-state index in [1.165, 1.54) is 12.1 Å². The molecule has 0 fully saturated rings. The average Bonchev–Trinajstić information content (AvgIpc) is 3.12. The van der Waals surface area contributed by atoms with Crippen molar-refractivity contribution in [3.63, 3.8) is 0 Å². The maximum absolute atomic E-state index is 12.1. The molecule has 3 aromatic rings. The highest BCUT2D eigenvalue weighted by Crippen LogP contribution is 2.18.